The minimum atomic E-state index is -1.20. The van der Waals surface area contributed by atoms with E-state index in [2.05, 4.69) is 15.0 Å². The Morgan fingerprint density at radius 3 is 2.75 bits per heavy atom. The molecule has 5 N–H and O–H groups in total. The molecular weight excluding hydrogens is 381 g/mol. The number of nitrogens with zero attached hydrogens (tertiary/aromatic N) is 4. The third kappa shape index (κ3) is 1.95. The zero-order valence-corrected chi connectivity index (χ0v) is 12.2. The molecule has 10 heteroatoms. The fourth-order valence-electron chi connectivity index (χ4n) is 2.22. The fourth-order valence-corrected chi connectivity index (χ4v) is 2.96. The van der Waals surface area contributed by atoms with Crippen molar-refractivity contribution >= 4 is 39.6 Å². The van der Waals surface area contributed by atoms with Gasteiger partial charge in [-0.3, -0.25) is 4.57 Å². The van der Waals surface area contributed by atoms with E-state index in [-0.39, 0.29) is 5.82 Å². The highest BCUT2D eigenvalue weighted by Crippen LogP contribution is 2.33. The maximum Gasteiger partial charge on any atom is 0.175 e. The number of hydrogen-bond donors (Lipinski definition) is 4. The van der Waals surface area contributed by atoms with E-state index in [1.807, 2.05) is 22.6 Å². The largest absolute Gasteiger partial charge is 0.394 e. The highest BCUT2D eigenvalue weighted by atomic mass is 127. The van der Waals surface area contributed by atoms with Crippen LogP contribution < -0.4 is 5.73 Å². The van der Waals surface area contributed by atoms with Crippen molar-refractivity contribution in [3.8, 4) is 0 Å². The van der Waals surface area contributed by atoms with Crippen LogP contribution in [0, 0.1) is 3.83 Å². The second-order valence-electron chi connectivity index (χ2n) is 4.41. The van der Waals surface area contributed by atoms with Crippen LogP contribution in [0.5, 0.6) is 0 Å². The van der Waals surface area contributed by atoms with E-state index < -0.39 is 31.1 Å². The van der Waals surface area contributed by atoms with Gasteiger partial charge in [-0.25, -0.2) is 15.0 Å². The van der Waals surface area contributed by atoms with Gasteiger partial charge in [0, 0.05) is 22.6 Å². The van der Waals surface area contributed by atoms with Crippen LogP contribution in [0.25, 0.3) is 11.2 Å². The van der Waals surface area contributed by atoms with Crippen LogP contribution in [0.1, 0.15) is 6.23 Å². The summed E-state index contributed by atoms with van der Waals surface area (Å²) in [4.78, 5) is 12.2. The lowest BCUT2D eigenvalue weighted by Crippen LogP contribution is -2.33. The predicted octanol–water partition coefficient (Wildman–Crippen LogP) is -1.38. The van der Waals surface area contributed by atoms with Crippen LogP contribution in [-0.4, -0.2) is 59.8 Å². The van der Waals surface area contributed by atoms with Crippen LogP contribution in [0.3, 0.4) is 0 Å². The summed E-state index contributed by atoms with van der Waals surface area (Å²) in [5, 5.41) is 29.0. The van der Waals surface area contributed by atoms with Gasteiger partial charge in [0.25, 0.3) is 0 Å². The lowest BCUT2D eigenvalue weighted by atomic mass is 10.1. The maximum absolute atomic E-state index is 10.1. The zero-order valence-electron chi connectivity index (χ0n) is 10.1. The molecule has 0 unspecified atom stereocenters. The minimum absolute atomic E-state index is 0.221. The monoisotopic (exact) mass is 393 g/mol. The quantitative estimate of drug-likeness (QED) is 0.362. The Balaban J connectivity index is 2.11. The summed E-state index contributed by atoms with van der Waals surface area (Å²) in [6.45, 7) is -0.394. The molecule has 0 bridgehead atoms. The Hall–Kier alpha value is -1.08. The third-order valence-corrected chi connectivity index (χ3v) is 3.99. The number of aliphatic hydroxyl groups is 3. The van der Waals surface area contributed by atoms with Crippen LogP contribution in [0.4, 0.5) is 5.82 Å². The summed E-state index contributed by atoms with van der Waals surface area (Å²) >= 11 is 1.95. The van der Waals surface area contributed by atoms with Gasteiger partial charge in [0.1, 0.15) is 24.6 Å². The standard InChI is InChI=1S/C10H12IN5O4/c11-10-15-4-7(12)13-2-14-8(4)16(10)9-6(19)5(18)3(1-17)20-9/h2-3,5-6,9,17-19H,1H2,(H2,12,13,14)/t3-,5-,6+,9-/m1/s1. The number of ether oxygens (including phenoxy) is 1. The Kier molecular flexibility index (Phi) is 3.50. The Morgan fingerprint density at radius 2 is 2.10 bits per heavy atom. The molecule has 1 saturated heterocycles. The van der Waals surface area contributed by atoms with Gasteiger partial charge in [0.15, 0.2) is 27.0 Å². The topological polar surface area (TPSA) is 140 Å². The third-order valence-electron chi connectivity index (χ3n) is 3.23. The van der Waals surface area contributed by atoms with Crippen molar-refractivity contribution in [1.82, 2.24) is 19.5 Å². The summed E-state index contributed by atoms with van der Waals surface area (Å²) in [5.41, 5.74) is 6.53. The number of rotatable bonds is 2. The van der Waals surface area contributed by atoms with Crippen LogP contribution in [0.2, 0.25) is 0 Å². The molecule has 1 aliphatic heterocycles. The van der Waals surface area contributed by atoms with Gasteiger partial charge in [-0.1, -0.05) is 0 Å². The second-order valence-corrected chi connectivity index (χ2v) is 5.38. The van der Waals surface area contributed by atoms with E-state index in [1.165, 1.54) is 10.9 Å². The van der Waals surface area contributed by atoms with Gasteiger partial charge in [-0.05, 0) is 0 Å². The van der Waals surface area contributed by atoms with E-state index in [1.54, 1.807) is 0 Å². The van der Waals surface area contributed by atoms with Crippen LogP contribution in [-0.2, 0) is 4.74 Å². The molecule has 108 valence electrons. The molecular formula is C10H12IN5O4. The van der Waals surface area contributed by atoms with Gasteiger partial charge >= 0.3 is 0 Å². The summed E-state index contributed by atoms with van der Waals surface area (Å²) in [5.74, 6) is 0.221. The molecule has 9 nitrogen and oxygen atoms in total. The van der Waals surface area contributed by atoms with Crippen LogP contribution >= 0.6 is 22.6 Å². The first-order chi connectivity index (χ1) is 9.54. The molecule has 20 heavy (non-hydrogen) atoms. The highest BCUT2D eigenvalue weighted by molar-refractivity contribution is 14.1. The molecule has 2 aromatic rings. The average molecular weight is 393 g/mol. The number of hydrogen-bond acceptors (Lipinski definition) is 8. The smallest absolute Gasteiger partial charge is 0.175 e. The first-order valence-electron chi connectivity index (χ1n) is 5.81. The van der Waals surface area contributed by atoms with Crippen molar-refractivity contribution in [2.24, 2.45) is 0 Å². The first-order valence-corrected chi connectivity index (χ1v) is 6.88. The summed E-state index contributed by atoms with van der Waals surface area (Å²) in [6.07, 6.45) is -2.85. The number of halogens is 1. The molecule has 2 aromatic heterocycles. The van der Waals surface area contributed by atoms with E-state index in [0.29, 0.717) is 15.0 Å². The number of aliphatic hydroxyl groups excluding tert-OH is 3. The molecule has 0 aliphatic carbocycles. The predicted molar refractivity (Wildman–Crippen MR) is 75.5 cm³/mol. The van der Waals surface area contributed by atoms with E-state index in [4.69, 9.17) is 15.6 Å². The van der Waals surface area contributed by atoms with Gasteiger partial charge in [0.05, 0.1) is 6.61 Å². The first kappa shape index (κ1) is 13.9. The van der Waals surface area contributed by atoms with Crippen molar-refractivity contribution in [3.63, 3.8) is 0 Å². The van der Waals surface area contributed by atoms with Crippen molar-refractivity contribution < 1.29 is 20.1 Å². The Labute approximate surface area is 126 Å². The molecule has 1 aliphatic rings. The number of nitrogen functional groups attached to an aromatic ring is 1. The summed E-state index contributed by atoms with van der Waals surface area (Å²) in [7, 11) is 0. The van der Waals surface area contributed by atoms with Gasteiger partial charge in [-0.15, -0.1) is 0 Å². The van der Waals surface area contributed by atoms with Crippen molar-refractivity contribution in [1.29, 1.82) is 0 Å². The maximum atomic E-state index is 10.1. The van der Waals surface area contributed by atoms with Gasteiger partial charge in [-0.2, -0.15) is 0 Å². The SMILES string of the molecule is Nc1ncnc2c1nc(I)n2[C@@H]1O[C@H](CO)[C@@H](O)[C@@H]1O. The van der Waals surface area contributed by atoms with Crippen molar-refractivity contribution in [2.75, 3.05) is 12.3 Å². The van der Waals surface area contributed by atoms with Crippen LogP contribution in [0.15, 0.2) is 6.33 Å². The minimum Gasteiger partial charge on any atom is -0.394 e. The number of aromatic nitrogens is 4. The molecule has 1 fully saturated rings. The van der Waals surface area contributed by atoms with E-state index in [9.17, 15) is 10.2 Å². The molecule has 0 spiro atoms. The number of nitrogens with two attached hydrogens (primary N) is 1. The number of imidazole rings is 1. The molecule has 3 heterocycles. The van der Waals surface area contributed by atoms with Crippen molar-refractivity contribution in [2.45, 2.75) is 24.5 Å². The number of fused-ring (bicyclic) bond motifs is 1. The highest BCUT2D eigenvalue weighted by Gasteiger charge is 2.44. The normalized spacial score (nSPS) is 30.2. The lowest BCUT2D eigenvalue weighted by Gasteiger charge is -2.17. The molecule has 0 amide bonds. The van der Waals surface area contributed by atoms with E-state index >= 15 is 0 Å². The zero-order chi connectivity index (χ0) is 14.4. The van der Waals surface area contributed by atoms with Crippen molar-refractivity contribution in [3.05, 3.63) is 10.2 Å². The molecule has 0 saturated carbocycles. The number of anilines is 1. The van der Waals surface area contributed by atoms with Gasteiger partial charge in [0.2, 0.25) is 0 Å². The van der Waals surface area contributed by atoms with Gasteiger partial charge < -0.3 is 25.8 Å². The molecule has 4 atom stereocenters. The lowest BCUT2D eigenvalue weighted by molar-refractivity contribution is -0.0522. The summed E-state index contributed by atoms with van der Waals surface area (Å²) in [6, 6.07) is 0. The molecule has 3 rings (SSSR count). The Bertz CT molecular complexity index is 650. The molecule has 0 radical (unpaired) electrons. The Morgan fingerprint density at radius 1 is 1.35 bits per heavy atom. The van der Waals surface area contributed by atoms with E-state index in [0.717, 1.165) is 0 Å². The average Bonchev–Trinajstić information content (AvgIpc) is 2.90. The second kappa shape index (κ2) is 5.04. The fraction of sp³-hybridized carbons (Fsp3) is 0.500. The molecule has 0 aromatic carbocycles. The summed E-state index contributed by atoms with van der Waals surface area (Å²) < 4.78 is 7.49.